The van der Waals surface area contributed by atoms with Crippen LogP contribution in [-0.4, -0.2) is 36.2 Å². The Labute approximate surface area is 203 Å². The molecule has 1 fully saturated rings. The maximum absolute atomic E-state index is 14.1. The summed E-state index contributed by atoms with van der Waals surface area (Å²) in [5.41, 5.74) is 5.58. The van der Waals surface area contributed by atoms with Gasteiger partial charge in [-0.1, -0.05) is 47.5 Å². The topological polar surface area (TPSA) is 61.9 Å². The van der Waals surface area contributed by atoms with Gasteiger partial charge in [0.25, 0.3) is 5.91 Å². The first-order valence-corrected chi connectivity index (χ1v) is 12.3. The molecule has 34 heavy (non-hydrogen) atoms. The number of urea groups is 1. The van der Waals surface area contributed by atoms with E-state index in [1.165, 1.54) is 11.8 Å². The molecule has 6 nitrogen and oxygen atoms in total. The van der Waals surface area contributed by atoms with E-state index in [0.29, 0.717) is 24.5 Å². The van der Waals surface area contributed by atoms with Crippen LogP contribution in [0, 0.1) is 13.8 Å². The van der Waals surface area contributed by atoms with E-state index in [1.54, 1.807) is 16.9 Å². The first-order chi connectivity index (χ1) is 16.4. The van der Waals surface area contributed by atoms with Crippen LogP contribution >= 0.6 is 11.8 Å². The molecule has 0 radical (unpaired) electrons. The highest BCUT2D eigenvalue weighted by atomic mass is 32.2. The number of fused-ring (bicyclic) bond motifs is 2. The number of carbonyl (C=O) groups is 2. The maximum Gasteiger partial charge on any atom is 0.323 e. The van der Waals surface area contributed by atoms with Crippen molar-refractivity contribution < 1.29 is 14.3 Å². The molecule has 1 saturated heterocycles. The van der Waals surface area contributed by atoms with Gasteiger partial charge in [0, 0.05) is 23.5 Å². The van der Waals surface area contributed by atoms with Crippen LogP contribution in [0.5, 0.6) is 5.75 Å². The van der Waals surface area contributed by atoms with E-state index in [2.05, 4.69) is 5.32 Å². The van der Waals surface area contributed by atoms with Crippen LogP contribution in [0.15, 0.2) is 66.7 Å². The van der Waals surface area contributed by atoms with Crippen LogP contribution in [0.3, 0.4) is 0 Å². The summed E-state index contributed by atoms with van der Waals surface area (Å²) >= 11 is 1.53. The molecule has 5 rings (SSSR count). The number of anilines is 2. The van der Waals surface area contributed by atoms with E-state index in [4.69, 9.17) is 4.74 Å². The monoisotopic (exact) mass is 473 g/mol. The molecule has 1 spiro atoms. The van der Waals surface area contributed by atoms with Gasteiger partial charge in [-0.15, -0.1) is 11.8 Å². The zero-order chi connectivity index (χ0) is 23.9. The molecule has 0 bridgehead atoms. The number of nitrogens with zero attached hydrogens (tertiary/aromatic N) is 2. The molecule has 0 saturated carbocycles. The van der Waals surface area contributed by atoms with Crippen LogP contribution in [0.25, 0.3) is 0 Å². The molecule has 1 N–H and O–H groups in total. The number of amides is 3. The van der Waals surface area contributed by atoms with Gasteiger partial charge in [-0.2, -0.15) is 0 Å². The van der Waals surface area contributed by atoms with Crippen molar-refractivity contribution >= 4 is 35.1 Å². The number of hydrogen-bond acceptors (Lipinski definition) is 4. The van der Waals surface area contributed by atoms with Gasteiger partial charge in [-0.3, -0.25) is 9.69 Å². The fourth-order valence-corrected chi connectivity index (χ4v) is 6.12. The third-order valence-corrected chi connectivity index (χ3v) is 7.79. The summed E-state index contributed by atoms with van der Waals surface area (Å²) in [4.78, 5) is 30.0. The Morgan fingerprint density at radius 3 is 2.59 bits per heavy atom. The van der Waals surface area contributed by atoms with Crippen molar-refractivity contribution in [1.29, 1.82) is 0 Å². The minimum absolute atomic E-state index is 0.0857. The lowest BCUT2D eigenvalue weighted by Gasteiger charge is -2.33. The van der Waals surface area contributed by atoms with E-state index < -0.39 is 4.87 Å². The van der Waals surface area contributed by atoms with E-state index >= 15 is 0 Å². The molecule has 174 valence electrons. The Morgan fingerprint density at radius 1 is 1.06 bits per heavy atom. The Bertz CT molecular complexity index is 1260. The van der Waals surface area contributed by atoms with Gasteiger partial charge < -0.3 is 15.0 Å². The number of ether oxygens (including phenoxy) is 1. The number of thioether (sulfide) groups is 1. The maximum atomic E-state index is 14.1. The first-order valence-electron chi connectivity index (χ1n) is 11.3. The smallest absolute Gasteiger partial charge is 0.323 e. The minimum atomic E-state index is -1.07. The molecule has 1 atom stereocenters. The molecule has 3 amide bonds. The molecule has 3 aromatic rings. The lowest BCUT2D eigenvalue weighted by atomic mass is 10.0. The van der Waals surface area contributed by atoms with E-state index in [9.17, 15) is 9.59 Å². The molecular formula is C27H27N3O3S. The summed E-state index contributed by atoms with van der Waals surface area (Å²) in [6.45, 7) is 4.92. The second-order valence-electron chi connectivity index (χ2n) is 8.70. The second kappa shape index (κ2) is 8.72. The van der Waals surface area contributed by atoms with Crippen LogP contribution in [0.4, 0.5) is 16.2 Å². The zero-order valence-corrected chi connectivity index (χ0v) is 20.3. The van der Waals surface area contributed by atoms with Gasteiger partial charge in [0.2, 0.25) is 0 Å². The Morgan fingerprint density at radius 2 is 1.82 bits per heavy atom. The number of carbonyl (C=O) groups excluding carboxylic acids is 2. The van der Waals surface area contributed by atoms with Crippen molar-refractivity contribution in [2.75, 3.05) is 29.6 Å². The highest BCUT2D eigenvalue weighted by Crippen LogP contribution is 2.54. The van der Waals surface area contributed by atoms with Gasteiger partial charge >= 0.3 is 6.03 Å². The predicted octanol–water partition coefficient (Wildman–Crippen LogP) is 5.29. The third-order valence-electron chi connectivity index (χ3n) is 6.37. The fourth-order valence-electron chi connectivity index (χ4n) is 4.67. The van der Waals surface area contributed by atoms with Gasteiger partial charge in [0.1, 0.15) is 5.75 Å². The van der Waals surface area contributed by atoms with Gasteiger partial charge in [0.05, 0.1) is 19.3 Å². The van der Waals surface area contributed by atoms with Gasteiger partial charge in [-0.05, 0) is 49.7 Å². The van der Waals surface area contributed by atoms with Crippen molar-refractivity contribution in [3.05, 3.63) is 89.0 Å². The number of benzene rings is 3. The summed E-state index contributed by atoms with van der Waals surface area (Å²) in [6, 6.07) is 21.2. The van der Waals surface area contributed by atoms with Crippen molar-refractivity contribution in [2.24, 2.45) is 0 Å². The zero-order valence-electron chi connectivity index (χ0n) is 19.5. The normalized spacial score (nSPS) is 19.0. The molecule has 2 heterocycles. The second-order valence-corrected chi connectivity index (χ2v) is 9.99. The summed E-state index contributed by atoms with van der Waals surface area (Å²) in [7, 11) is 1.63. The minimum Gasteiger partial charge on any atom is -0.497 e. The van der Waals surface area contributed by atoms with E-state index in [-0.39, 0.29) is 11.9 Å². The molecule has 2 aliphatic rings. The highest BCUT2D eigenvalue weighted by Gasteiger charge is 2.59. The molecule has 0 aromatic heterocycles. The predicted molar refractivity (Wildman–Crippen MR) is 136 cm³/mol. The number of methoxy groups -OCH3 is 1. The van der Waals surface area contributed by atoms with Crippen molar-refractivity contribution in [3.63, 3.8) is 0 Å². The number of rotatable bonds is 4. The molecule has 3 aromatic carbocycles. The largest absolute Gasteiger partial charge is 0.497 e. The molecular weight excluding hydrogens is 446 g/mol. The van der Waals surface area contributed by atoms with Crippen molar-refractivity contribution in [3.8, 4) is 5.75 Å². The highest BCUT2D eigenvalue weighted by molar-refractivity contribution is 8.01. The average Bonchev–Trinajstić information content (AvgIpc) is 3.38. The van der Waals surface area contributed by atoms with Crippen LogP contribution in [0.1, 0.15) is 22.3 Å². The van der Waals surface area contributed by atoms with Crippen LogP contribution < -0.4 is 15.0 Å². The number of hydrogen-bond donors (Lipinski definition) is 1. The van der Waals surface area contributed by atoms with Gasteiger partial charge in [-0.25, -0.2) is 4.79 Å². The molecule has 0 aliphatic carbocycles. The Balaban J connectivity index is 1.52. The standard InChI is InChI=1S/C27H27N3O3S/c1-18-7-10-21(11-8-18)28-26(32)30-13-14-34-27(30)23-15-19(2)9-12-24(23)29(25(27)31)17-20-5-4-6-22(16-20)33-3/h4-12,15-16H,13-14,17H2,1-3H3,(H,28,32)/t27-/m0/s1. The quantitative estimate of drug-likeness (QED) is 0.559. The Kier molecular flexibility index (Phi) is 5.73. The molecule has 2 aliphatic heterocycles. The van der Waals surface area contributed by atoms with Crippen molar-refractivity contribution in [1.82, 2.24) is 4.90 Å². The Hall–Kier alpha value is -3.45. The summed E-state index contributed by atoms with van der Waals surface area (Å²) in [5.74, 6) is 1.35. The summed E-state index contributed by atoms with van der Waals surface area (Å²) in [6.07, 6.45) is 0. The average molecular weight is 474 g/mol. The first kappa shape index (κ1) is 22.3. The van der Waals surface area contributed by atoms with Crippen molar-refractivity contribution in [2.45, 2.75) is 25.3 Å². The van der Waals surface area contributed by atoms with E-state index in [0.717, 1.165) is 33.7 Å². The molecule has 7 heteroatoms. The summed E-state index contributed by atoms with van der Waals surface area (Å²) < 4.78 is 5.37. The number of nitrogens with one attached hydrogen (secondary N) is 1. The van der Waals surface area contributed by atoms with Gasteiger partial charge in [0.15, 0.2) is 4.87 Å². The van der Waals surface area contributed by atoms with E-state index in [1.807, 2.05) is 80.6 Å². The molecule has 0 unspecified atom stereocenters. The van der Waals surface area contributed by atoms with Crippen LogP contribution in [-0.2, 0) is 16.2 Å². The third kappa shape index (κ3) is 3.70. The number of aryl methyl sites for hydroxylation is 2. The SMILES string of the molecule is COc1cccc(CN2C(=O)[C@@]3(SCCN3C(=O)Nc3ccc(C)cc3)c3cc(C)ccc32)c1. The van der Waals surface area contributed by atoms with Crippen LogP contribution in [0.2, 0.25) is 0 Å². The fraction of sp³-hybridized carbons (Fsp3) is 0.259. The lowest BCUT2D eigenvalue weighted by Crippen LogP contribution is -2.51. The lowest BCUT2D eigenvalue weighted by molar-refractivity contribution is -0.123. The summed E-state index contributed by atoms with van der Waals surface area (Å²) in [5, 5.41) is 2.99.